The molecule has 2 atom stereocenters. The predicted molar refractivity (Wildman–Crippen MR) is 60.2 cm³/mol. The lowest BCUT2D eigenvalue weighted by Crippen LogP contribution is -2.37. The van der Waals surface area contributed by atoms with E-state index in [1.54, 1.807) is 0 Å². The number of rotatable bonds is 5. The van der Waals surface area contributed by atoms with E-state index in [4.69, 9.17) is 5.11 Å². The van der Waals surface area contributed by atoms with Crippen molar-refractivity contribution in [3.05, 3.63) is 0 Å². The van der Waals surface area contributed by atoms with Gasteiger partial charge in [-0.05, 0) is 12.8 Å². The van der Waals surface area contributed by atoms with Crippen molar-refractivity contribution in [2.24, 2.45) is 11.8 Å². The van der Waals surface area contributed by atoms with E-state index in [0.717, 1.165) is 6.42 Å². The fraction of sp³-hybridized carbons (Fsp3) is 0.727. The summed E-state index contributed by atoms with van der Waals surface area (Å²) in [5.41, 5.74) is 0. The van der Waals surface area contributed by atoms with Crippen LogP contribution in [0.25, 0.3) is 0 Å². The largest absolute Gasteiger partial charge is 0.481 e. The van der Waals surface area contributed by atoms with Crippen molar-refractivity contribution >= 4 is 17.8 Å². The van der Waals surface area contributed by atoms with E-state index in [9.17, 15) is 14.4 Å². The fourth-order valence-electron chi connectivity index (χ4n) is 2.12. The molecule has 0 radical (unpaired) electrons. The van der Waals surface area contributed by atoms with Gasteiger partial charge in [0.2, 0.25) is 11.8 Å². The summed E-state index contributed by atoms with van der Waals surface area (Å²) in [6.45, 7) is 0.251. The van der Waals surface area contributed by atoms with Gasteiger partial charge < -0.3 is 15.7 Å². The van der Waals surface area contributed by atoms with Gasteiger partial charge >= 0.3 is 5.97 Å². The molecule has 6 nitrogen and oxygen atoms in total. The zero-order valence-corrected chi connectivity index (χ0v) is 9.86. The Labute approximate surface area is 99.8 Å². The molecule has 0 spiro atoms. The lowest BCUT2D eigenvalue weighted by Gasteiger charge is -2.15. The monoisotopic (exact) mass is 242 g/mol. The van der Waals surface area contributed by atoms with Crippen LogP contribution in [0, 0.1) is 11.8 Å². The molecule has 3 N–H and O–H groups in total. The van der Waals surface area contributed by atoms with E-state index in [1.807, 2.05) is 0 Å². The van der Waals surface area contributed by atoms with Gasteiger partial charge in [-0.3, -0.25) is 14.4 Å². The lowest BCUT2D eigenvalue weighted by molar-refractivity contribution is -0.146. The van der Waals surface area contributed by atoms with Crippen LogP contribution < -0.4 is 10.6 Å². The molecule has 1 saturated carbocycles. The van der Waals surface area contributed by atoms with Crippen LogP contribution in [-0.2, 0) is 14.4 Å². The molecule has 1 aliphatic carbocycles. The van der Waals surface area contributed by atoms with Gasteiger partial charge in [0.25, 0.3) is 0 Å². The number of carboxylic acid groups (broad SMARTS) is 1. The molecule has 0 aromatic rings. The highest BCUT2D eigenvalue weighted by atomic mass is 16.4. The van der Waals surface area contributed by atoms with Crippen LogP contribution >= 0.6 is 0 Å². The summed E-state index contributed by atoms with van der Waals surface area (Å²) in [6.07, 6.45) is 2.16. The number of hydrogen-bond acceptors (Lipinski definition) is 3. The summed E-state index contributed by atoms with van der Waals surface area (Å²) in [4.78, 5) is 33.6. The maximum atomic E-state index is 11.7. The molecule has 0 bridgehead atoms. The molecule has 1 fully saturated rings. The first kappa shape index (κ1) is 13.5. The molecule has 96 valence electrons. The van der Waals surface area contributed by atoms with Crippen molar-refractivity contribution in [1.82, 2.24) is 10.6 Å². The Bertz CT molecular complexity index is 317. The zero-order chi connectivity index (χ0) is 12.8. The van der Waals surface area contributed by atoms with E-state index in [2.05, 4.69) is 10.6 Å². The van der Waals surface area contributed by atoms with E-state index in [1.165, 1.54) is 7.05 Å². The molecule has 2 unspecified atom stereocenters. The van der Waals surface area contributed by atoms with Gasteiger partial charge in [0, 0.05) is 20.0 Å². The molecule has 0 aliphatic heterocycles. The highest BCUT2D eigenvalue weighted by molar-refractivity contribution is 5.85. The highest BCUT2D eigenvalue weighted by Crippen LogP contribution is 2.31. The molecule has 1 rings (SSSR count). The minimum Gasteiger partial charge on any atom is -0.481 e. The number of hydrogen-bond donors (Lipinski definition) is 3. The summed E-state index contributed by atoms with van der Waals surface area (Å²) in [5.74, 6) is -2.33. The number of aliphatic carboxylic acids is 1. The summed E-state index contributed by atoms with van der Waals surface area (Å²) in [6, 6.07) is 0. The van der Waals surface area contributed by atoms with Gasteiger partial charge in [-0.2, -0.15) is 0 Å². The quantitative estimate of drug-likeness (QED) is 0.619. The van der Waals surface area contributed by atoms with Crippen LogP contribution in [0.4, 0.5) is 0 Å². The Morgan fingerprint density at radius 3 is 2.47 bits per heavy atom. The molecule has 17 heavy (non-hydrogen) atoms. The number of carbonyl (C=O) groups excluding carboxylic acids is 2. The Hall–Kier alpha value is -1.59. The second kappa shape index (κ2) is 6.22. The van der Waals surface area contributed by atoms with Crippen LogP contribution in [0.5, 0.6) is 0 Å². The van der Waals surface area contributed by atoms with Crippen LogP contribution in [0.3, 0.4) is 0 Å². The van der Waals surface area contributed by atoms with Crippen molar-refractivity contribution in [2.75, 3.05) is 13.6 Å². The Balaban J connectivity index is 2.37. The standard InChI is InChI=1S/C11H18N2O4/c1-12-9(14)5-6-13-10(15)7-3-2-4-8(7)11(16)17/h7-8H,2-6H2,1H3,(H,12,14)(H,13,15)(H,16,17). The predicted octanol–water partition coefficient (Wildman–Crippen LogP) is -0.260. The van der Waals surface area contributed by atoms with Gasteiger partial charge in [0.05, 0.1) is 11.8 Å². The van der Waals surface area contributed by atoms with E-state index in [0.29, 0.717) is 12.8 Å². The van der Waals surface area contributed by atoms with E-state index in [-0.39, 0.29) is 24.8 Å². The second-order valence-corrected chi connectivity index (χ2v) is 4.20. The summed E-state index contributed by atoms with van der Waals surface area (Å²) >= 11 is 0. The molecule has 0 aromatic heterocycles. The van der Waals surface area contributed by atoms with Crippen molar-refractivity contribution in [3.63, 3.8) is 0 Å². The summed E-state index contributed by atoms with van der Waals surface area (Å²) < 4.78 is 0. The van der Waals surface area contributed by atoms with Gasteiger partial charge in [-0.15, -0.1) is 0 Å². The van der Waals surface area contributed by atoms with Crippen LogP contribution in [0.2, 0.25) is 0 Å². The molecule has 6 heteroatoms. The number of amides is 2. The third-order valence-electron chi connectivity index (χ3n) is 3.10. The van der Waals surface area contributed by atoms with Crippen molar-refractivity contribution < 1.29 is 19.5 Å². The molecule has 0 aromatic carbocycles. The number of nitrogens with one attached hydrogen (secondary N) is 2. The molecule has 1 aliphatic rings. The van der Waals surface area contributed by atoms with Gasteiger partial charge in [0.1, 0.15) is 0 Å². The Kier molecular flexibility index (Phi) is 4.93. The van der Waals surface area contributed by atoms with Crippen molar-refractivity contribution in [2.45, 2.75) is 25.7 Å². The molecular weight excluding hydrogens is 224 g/mol. The fourth-order valence-corrected chi connectivity index (χ4v) is 2.12. The lowest BCUT2D eigenvalue weighted by atomic mass is 9.95. The number of carboxylic acids is 1. The molecule has 0 saturated heterocycles. The minimum atomic E-state index is -0.908. The molecule has 0 heterocycles. The topological polar surface area (TPSA) is 95.5 Å². The average molecular weight is 242 g/mol. The van der Waals surface area contributed by atoms with E-state index < -0.39 is 17.8 Å². The molecule has 2 amide bonds. The molecular formula is C11H18N2O4. The normalized spacial score (nSPS) is 23.1. The van der Waals surface area contributed by atoms with Crippen LogP contribution in [-0.4, -0.2) is 36.5 Å². The van der Waals surface area contributed by atoms with Crippen LogP contribution in [0.15, 0.2) is 0 Å². The van der Waals surface area contributed by atoms with E-state index >= 15 is 0 Å². The van der Waals surface area contributed by atoms with Gasteiger partial charge in [-0.1, -0.05) is 6.42 Å². The SMILES string of the molecule is CNC(=O)CCNC(=O)C1CCCC1C(=O)O. The van der Waals surface area contributed by atoms with Gasteiger partial charge in [0.15, 0.2) is 0 Å². The third-order valence-corrected chi connectivity index (χ3v) is 3.10. The Morgan fingerprint density at radius 2 is 1.88 bits per heavy atom. The third kappa shape index (κ3) is 3.72. The maximum absolute atomic E-state index is 11.7. The number of carbonyl (C=O) groups is 3. The first-order valence-electron chi connectivity index (χ1n) is 5.77. The average Bonchev–Trinajstić information content (AvgIpc) is 2.77. The van der Waals surface area contributed by atoms with Crippen molar-refractivity contribution in [1.29, 1.82) is 0 Å². The second-order valence-electron chi connectivity index (χ2n) is 4.20. The minimum absolute atomic E-state index is 0.147. The van der Waals surface area contributed by atoms with Crippen LogP contribution in [0.1, 0.15) is 25.7 Å². The first-order valence-corrected chi connectivity index (χ1v) is 5.77. The summed E-state index contributed by atoms with van der Waals surface area (Å²) in [5, 5.41) is 14.0. The highest BCUT2D eigenvalue weighted by Gasteiger charge is 2.37. The smallest absolute Gasteiger partial charge is 0.307 e. The summed E-state index contributed by atoms with van der Waals surface area (Å²) in [7, 11) is 1.53. The Morgan fingerprint density at radius 1 is 1.24 bits per heavy atom. The first-order chi connectivity index (χ1) is 8.06. The zero-order valence-electron chi connectivity index (χ0n) is 9.86. The maximum Gasteiger partial charge on any atom is 0.307 e. The van der Waals surface area contributed by atoms with Crippen molar-refractivity contribution in [3.8, 4) is 0 Å². The van der Waals surface area contributed by atoms with Gasteiger partial charge in [-0.25, -0.2) is 0 Å².